The van der Waals surface area contributed by atoms with E-state index in [2.05, 4.69) is 17.1 Å². The van der Waals surface area contributed by atoms with E-state index >= 15 is 0 Å². The van der Waals surface area contributed by atoms with Gasteiger partial charge in [0.05, 0.1) is 0 Å². The highest BCUT2D eigenvalue weighted by atomic mass is 16.5. The number of carbonyl (C=O) groups excluding carboxylic acids is 1. The Bertz CT molecular complexity index is 326. The van der Waals surface area contributed by atoms with Crippen LogP contribution in [-0.2, 0) is 5.41 Å². The number of carbonyl (C=O) groups is 1. The molecule has 1 aromatic heterocycles. The van der Waals surface area contributed by atoms with E-state index in [9.17, 15) is 4.79 Å². The van der Waals surface area contributed by atoms with Crippen molar-refractivity contribution in [2.24, 2.45) is 0 Å². The first-order valence-electron chi connectivity index (χ1n) is 3.97. The number of hydrogen-bond acceptors (Lipinski definition) is 4. The second-order valence-electron chi connectivity index (χ2n) is 3.54. The number of nitrogens with zero attached hydrogens (tertiary/aromatic N) is 2. The fraction of sp³-hybridized carbons (Fsp3) is 0.625. The average molecular weight is 166 g/mol. The van der Waals surface area contributed by atoms with Crippen molar-refractivity contribution in [3.05, 3.63) is 11.7 Å². The Hall–Kier alpha value is -1.19. The summed E-state index contributed by atoms with van der Waals surface area (Å²) in [6.07, 6.45) is 2.17. The second kappa shape index (κ2) is 2.15. The van der Waals surface area contributed by atoms with Gasteiger partial charge in [0.15, 0.2) is 5.82 Å². The molecule has 4 heteroatoms. The van der Waals surface area contributed by atoms with Crippen molar-refractivity contribution in [3.63, 3.8) is 0 Å². The number of rotatable bonds is 2. The molecule has 2 rings (SSSR count). The van der Waals surface area contributed by atoms with E-state index in [4.69, 9.17) is 4.52 Å². The summed E-state index contributed by atoms with van der Waals surface area (Å²) >= 11 is 0. The van der Waals surface area contributed by atoms with Gasteiger partial charge >= 0.3 is 0 Å². The Morgan fingerprint density at radius 1 is 1.58 bits per heavy atom. The second-order valence-corrected chi connectivity index (χ2v) is 3.54. The third-order valence-electron chi connectivity index (χ3n) is 2.27. The molecule has 1 heterocycles. The predicted octanol–water partition coefficient (Wildman–Crippen LogP) is 1.32. The predicted molar refractivity (Wildman–Crippen MR) is 40.9 cm³/mol. The molecule has 12 heavy (non-hydrogen) atoms. The molecule has 1 fully saturated rings. The van der Waals surface area contributed by atoms with Gasteiger partial charge in [-0.05, 0) is 12.8 Å². The lowest BCUT2D eigenvalue weighted by atomic mass is 10.1. The summed E-state index contributed by atoms with van der Waals surface area (Å²) in [6, 6.07) is 0. The van der Waals surface area contributed by atoms with E-state index < -0.39 is 0 Å². The molecule has 0 aliphatic heterocycles. The van der Waals surface area contributed by atoms with Crippen molar-refractivity contribution >= 4 is 5.78 Å². The molecule has 0 bridgehead atoms. The van der Waals surface area contributed by atoms with Crippen molar-refractivity contribution in [2.75, 3.05) is 0 Å². The molecule has 0 saturated heterocycles. The molecular weight excluding hydrogens is 156 g/mol. The van der Waals surface area contributed by atoms with Crippen LogP contribution in [0.4, 0.5) is 0 Å². The lowest BCUT2D eigenvalue weighted by Crippen LogP contribution is -2.03. The fourth-order valence-electron chi connectivity index (χ4n) is 1.02. The van der Waals surface area contributed by atoms with Gasteiger partial charge in [-0.2, -0.15) is 4.98 Å². The first-order chi connectivity index (χ1) is 5.62. The van der Waals surface area contributed by atoms with Gasteiger partial charge in [0.1, 0.15) is 0 Å². The van der Waals surface area contributed by atoms with Crippen molar-refractivity contribution in [2.45, 2.75) is 32.1 Å². The van der Waals surface area contributed by atoms with Crippen LogP contribution >= 0.6 is 0 Å². The Kier molecular flexibility index (Phi) is 1.34. The molecule has 0 radical (unpaired) electrons. The van der Waals surface area contributed by atoms with E-state index in [-0.39, 0.29) is 17.1 Å². The highest BCUT2D eigenvalue weighted by Gasteiger charge is 2.43. The Morgan fingerprint density at radius 2 is 2.25 bits per heavy atom. The van der Waals surface area contributed by atoms with Crippen molar-refractivity contribution < 1.29 is 9.32 Å². The molecule has 0 aromatic carbocycles. The third-order valence-corrected chi connectivity index (χ3v) is 2.27. The van der Waals surface area contributed by atoms with Gasteiger partial charge in [-0.1, -0.05) is 12.1 Å². The molecule has 1 saturated carbocycles. The average Bonchev–Trinajstić information content (AvgIpc) is 2.61. The lowest BCUT2D eigenvalue weighted by Gasteiger charge is -1.96. The highest BCUT2D eigenvalue weighted by molar-refractivity contribution is 5.89. The zero-order valence-electron chi connectivity index (χ0n) is 7.13. The SMILES string of the molecule is CC(=O)c1nc(C2(C)CC2)no1. The molecule has 0 amide bonds. The lowest BCUT2D eigenvalue weighted by molar-refractivity contribution is 0.0972. The molecule has 1 aliphatic carbocycles. The quantitative estimate of drug-likeness (QED) is 0.622. The summed E-state index contributed by atoms with van der Waals surface area (Å²) in [5.41, 5.74) is 0.0806. The minimum Gasteiger partial charge on any atom is -0.331 e. The molecule has 0 spiro atoms. The maximum atomic E-state index is 10.8. The van der Waals surface area contributed by atoms with Gasteiger partial charge < -0.3 is 4.52 Å². The number of aromatic nitrogens is 2. The van der Waals surface area contributed by atoms with E-state index in [1.54, 1.807) is 0 Å². The molecular formula is C8H10N2O2. The standard InChI is InChI=1S/C8H10N2O2/c1-5(11)6-9-7(10-12-6)8(2)3-4-8/h3-4H2,1-2H3. The van der Waals surface area contributed by atoms with Crippen LogP contribution in [0.2, 0.25) is 0 Å². The van der Waals surface area contributed by atoms with Crippen LogP contribution in [0.1, 0.15) is 43.2 Å². The van der Waals surface area contributed by atoms with E-state index in [0.717, 1.165) is 12.8 Å². The summed E-state index contributed by atoms with van der Waals surface area (Å²) in [7, 11) is 0. The molecule has 64 valence electrons. The summed E-state index contributed by atoms with van der Waals surface area (Å²) in [4.78, 5) is 14.8. The van der Waals surface area contributed by atoms with Gasteiger partial charge in [-0.25, -0.2) is 0 Å². The minimum absolute atomic E-state index is 0.0806. The van der Waals surface area contributed by atoms with Crippen LogP contribution in [0.15, 0.2) is 4.52 Å². The maximum absolute atomic E-state index is 10.8. The van der Waals surface area contributed by atoms with Crippen molar-refractivity contribution in [1.82, 2.24) is 10.1 Å². The fourth-order valence-corrected chi connectivity index (χ4v) is 1.02. The van der Waals surface area contributed by atoms with Crippen LogP contribution < -0.4 is 0 Å². The summed E-state index contributed by atoms with van der Waals surface area (Å²) in [5, 5.41) is 3.76. The zero-order valence-corrected chi connectivity index (χ0v) is 7.13. The number of Topliss-reactive ketones (excluding diaryl/α,β-unsaturated/α-hetero) is 1. The van der Waals surface area contributed by atoms with Gasteiger partial charge in [-0.3, -0.25) is 4.79 Å². The van der Waals surface area contributed by atoms with Crippen LogP contribution in [0.3, 0.4) is 0 Å². The zero-order chi connectivity index (χ0) is 8.77. The van der Waals surface area contributed by atoms with Crippen LogP contribution in [0, 0.1) is 0 Å². The normalized spacial score (nSPS) is 19.2. The summed E-state index contributed by atoms with van der Waals surface area (Å²) < 4.78 is 4.78. The number of ketones is 1. The van der Waals surface area contributed by atoms with E-state index in [1.807, 2.05) is 0 Å². The first-order valence-corrected chi connectivity index (χ1v) is 3.97. The van der Waals surface area contributed by atoms with Gasteiger partial charge in [0.2, 0.25) is 5.78 Å². The minimum atomic E-state index is -0.169. The highest BCUT2D eigenvalue weighted by Crippen LogP contribution is 2.45. The van der Waals surface area contributed by atoms with Crippen molar-refractivity contribution in [3.8, 4) is 0 Å². The van der Waals surface area contributed by atoms with Crippen LogP contribution in [-0.4, -0.2) is 15.9 Å². The summed E-state index contributed by atoms with van der Waals surface area (Å²) in [5.74, 6) is 0.629. The largest absolute Gasteiger partial charge is 0.331 e. The molecule has 0 unspecified atom stereocenters. The van der Waals surface area contributed by atoms with Gasteiger partial charge in [-0.15, -0.1) is 0 Å². The molecule has 0 N–H and O–H groups in total. The van der Waals surface area contributed by atoms with Crippen molar-refractivity contribution in [1.29, 1.82) is 0 Å². The monoisotopic (exact) mass is 166 g/mol. The molecule has 1 aliphatic rings. The molecule has 4 nitrogen and oxygen atoms in total. The Labute approximate surface area is 70.0 Å². The van der Waals surface area contributed by atoms with Crippen LogP contribution in [0.5, 0.6) is 0 Å². The summed E-state index contributed by atoms with van der Waals surface area (Å²) in [6.45, 7) is 3.49. The van der Waals surface area contributed by atoms with Gasteiger partial charge in [0.25, 0.3) is 5.89 Å². The Morgan fingerprint density at radius 3 is 2.67 bits per heavy atom. The first kappa shape index (κ1) is 7.46. The van der Waals surface area contributed by atoms with Crippen LogP contribution in [0.25, 0.3) is 0 Å². The van der Waals surface area contributed by atoms with E-state index in [1.165, 1.54) is 6.92 Å². The topological polar surface area (TPSA) is 56.0 Å². The maximum Gasteiger partial charge on any atom is 0.293 e. The van der Waals surface area contributed by atoms with E-state index in [0.29, 0.717) is 5.82 Å². The number of hydrogen-bond donors (Lipinski definition) is 0. The third kappa shape index (κ3) is 1.03. The Balaban J connectivity index is 2.30. The molecule has 1 aromatic rings. The van der Waals surface area contributed by atoms with Gasteiger partial charge in [0, 0.05) is 12.3 Å². The molecule has 0 atom stereocenters. The smallest absolute Gasteiger partial charge is 0.293 e.